The summed E-state index contributed by atoms with van der Waals surface area (Å²) in [5.74, 6) is 0. The van der Waals surface area contributed by atoms with Crippen molar-refractivity contribution in [3.63, 3.8) is 0 Å². The molecule has 0 radical (unpaired) electrons. The Balaban J connectivity index is 1.26. The predicted octanol–water partition coefficient (Wildman–Crippen LogP) is 11.1. The van der Waals surface area contributed by atoms with Gasteiger partial charge >= 0.3 is 0 Å². The second kappa shape index (κ2) is 14.0. The molecule has 1 unspecified atom stereocenters. The third-order valence-corrected chi connectivity index (χ3v) is 8.53. The van der Waals surface area contributed by atoms with E-state index in [0.717, 1.165) is 62.6 Å². The monoisotopic (exact) mass is 607 g/mol. The minimum absolute atomic E-state index is 0.180. The van der Waals surface area contributed by atoms with Gasteiger partial charge in [0.1, 0.15) is 0 Å². The summed E-state index contributed by atoms with van der Waals surface area (Å²) in [7, 11) is 0. The lowest BCUT2D eigenvalue weighted by Crippen LogP contribution is -2.14. The van der Waals surface area contributed by atoms with E-state index in [1.54, 1.807) is 0 Å². The molecule has 1 atom stereocenters. The molecule has 0 amide bonds. The Bertz CT molecular complexity index is 2060. The molecule has 3 heteroatoms. The highest BCUT2D eigenvalue weighted by atomic mass is 14.9. The fourth-order valence-corrected chi connectivity index (χ4v) is 6.17. The zero-order chi connectivity index (χ0) is 31.8. The molecule has 47 heavy (non-hydrogen) atoms. The van der Waals surface area contributed by atoms with Crippen molar-refractivity contribution < 1.29 is 0 Å². The molecule has 0 saturated heterocycles. The molecule has 4 N–H and O–H groups in total. The summed E-state index contributed by atoms with van der Waals surface area (Å²) in [4.78, 5) is 0. The fraction of sp³-hybridized carbons (Fsp3) is 0.0455. The van der Waals surface area contributed by atoms with Crippen LogP contribution in [-0.2, 0) is 6.42 Å². The van der Waals surface area contributed by atoms with Gasteiger partial charge in [0.25, 0.3) is 0 Å². The second-order valence-corrected chi connectivity index (χ2v) is 11.8. The van der Waals surface area contributed by atoms with Gasteiger partial charge in [-0.1, -0.05) is 146 Å². The highest BCUT2D eigenvalue weighted by Crippen LogP contribution is 2.41. The maximum atomic E-state index is 6.78. The van der Waals surface area contributed by atoms with Crippen LogP contribution in [0.4, 0.5) is 22.7 Å². The topological polar surface area (TPSA) is 50.1 Å². The summed E-state index contributed by atoms with van der Waals surface area (Å²) < 4.78 is 0. The first-order valence-corrected chi connectivity index (χ1v) is 16.1. The normalized spacial score (nSPS) is 11.5. The van der Waals surface area contributed by atoms with Gasteiger partial charge in [-0.05, 0) is 76.2 Å². The molecule has 228 valence electrons. The minimum Gasteiger partial charge on any atom is -0.355 e. The summed E-state index contributed by atoms with van der Waals surface area (Å²) in [5.41, 5.74) is 20.2. The Labute approximate surface area is 277 Å². The molecular weight excluding hydrogens is 571 g/mol. The van der Waals surface area contributed by atoms with Crippen LogP contribution in [0.3, 0.4) is 0 Å². The number of hydrogen-bond donors (Lipinski definition) is 3. The van der Waals surface area contributed by atoms with Gasteiger partial charge in [-0.2, -0.15) is 0 Å². The Morgan fingerprint density at radius 2 is 0.957 bits per heavy atom. The molecule has 0 heterocycles. The Morgan fingerprint density at radius 3 is 1.60 bits per heavy atom. The van der Waals surface area contributed by atoms with E-state index in [4.69, 9.17) is 5.73 Å². The number of hydrogen-bond acceptors (Lipinski definition) is 3. The van der Waals surface area contributed by atoms with Crippen LogP contribution in [0.1, 0.15) is 28.3 Å². The molecule has 0 aliphatic rings. The van der Waals surface area contributed by atoms with Crippen LogP contribution in [0, 0.1) is 0 Å². The Morgan fingerprint density at radius 1 is 0.447 bits per heavy atom. The van der Waals surface area contributed by atoms with Gasteiger partial charge in [-0.25, -0.2) is 0 Å². The highest BCUT2D eigenvalue weighted by molar-refractivity contribution is 5.93. The van der Waals surface area contributed by atoms with E-state index in [9.17, 15) is 0 Å². The third kappa shape index (κ3) is 7.01. The number of anilines is 4. The van der Waals surface area contributed by atoms with Crippen LogP contribution in [0.2, 0.25) is 0 Å². The third-order valence-electron chi connectivity index (χ3n) is 8.53. The number of rotatable bonds is 10. The van der Waals surface area contributed by atoms with Gasteiger partial charge in [-0.15, -0.1) is 0 Å². The summed E-state index contributed by atoms with van der Waals surface area (Å²) in [6, 6.07) is 63.4. The first-order valence-electron chi connectivity index (χ1n) is 16.1. The van der Waals surface area contributed by atoms with E-state index in [1.807, 2.05) is 24.3 Å². The fourth-order valence-electron chi connectivity index (χ4n) is 6.17. The minimum atomic E-state index is -0.180. The summed E-state index contributed by atoms with van der Waals surface area (Å²) >= 11 is 0. The smallest absolute Gasteiger partial charge is 0.0554 e. The lowest BCUT2D eigenvalue weighted by molar-refractivity contribution is 0.853. The van der Waals surface area contributed by atoms with Gasteiger partial charge < -0.3 is 16.4 Å². The average Bonchev–Trinajstić information content (AvgIpc) is 3.13. The standard InChI is InChI=1S/C44H37N3/c45-44(35-21-9-3-10-22-35)39-27-14-13-23-36(39)28-32-16-15-26-38(29-32)47-43-31-42(46-37-24-11-4-12-25-37)40(33-17-5-1-6-18-33)30-41(43)34-19-7-2-8-20-34/h1-27,29-31,44,46-47H,28,45H2. The largest absolute Gasteiger partial charge is 0.355 e. The van der Waals surface area contributed by atoms with Crippen molar-refractivity contribution in [2.24, 2.45) is 5.73 Å². The van der Waals surface area contributed by atoms with E-state index in [-0.39, 0.29) is 6.04 Å². The maximum Gasteiger partial charge on any atom is 0.0554 e. The van der Waals surface area contributed by atoms with Gasteiger partial charge in [-0.3, -0.25) is 0 Å². The first-order chi connectivity index (χ1) is 23.2. The molecule has 7 aromatic rings. The average molecular weight is 608 g/mol. The molecule has 3 nitrogen and oxygen atoms in total. The van der Waals surface area contributed by atoms with Crippen LogP contribution in [0.25, 0.3) is 22.3 Å². The van der Waals surface area contributed by atoms with E-state index in [1.165, 1.54) is 11.1 Å². The van der Waals surface area contributed by atoms with Crippen molar-refractivity contribution in [2.45, 2.75) is 12.5 Å². The van der Waals surface area contributed by atoms with Crippen molar-refractivity contribution >= 4 is 22.7 Å². The number of para-hydroxylation sites is 1. The van der Waals surface area contributed by atoms with Crippen molar-refractivity contribution in [1.29, 1.82) is 0 Å². The molecule has 0 spiro atoms. The summed E-state index contributed by atoms with van der Waals surface area (Å²) in [6.45, 7) is 0. The number of nitrogens with one attached hydrogen (secondary N) is 2. The zero-order valence-corrected chi connectivity index (χ0v) is 26.2. The maximum absolute atomic E-state index is 6.78. The summed E-state index contributed by atoms with van der Waals surface area (Å²) in [5, 5.41) is 7.50. The SMILES string of the molecule is NC(c1ccccc1)c1ccccc1Cc1cccc(Nc2cc(Nc3ccccc3)c(-c3ccccc3)cc2-c2ccccc2)c1. The molecule has 0 aliphatic carbocycles. The lowest BCUT2D eigenvalue weighted by atomic mass is 9.92. The molecule has 7 rings (SSSR count). The van der Waals surface area contributed by atoms with E-state index in [0.29, 0.717) is 0 Å². The highest BCUT2D eigenvalue weighted by Gasteiger charge is 2.16. The Kier molecular flexibility index (Phi) is 8.89. The quantitative estimate of drug-likeness (QED) is 0.145. The molecule has 7 aromatic carbocycles. The molecule has 0 saturated carbocycles. The molecule has 0 fully saturated rings. The molecular formula is C44H37N3. The van der Waals surface area contributed by atoms with Crippen molar-refractivity contribution in [1.82, 2.24) is 0 Å². The van der Waals surface area contributed by atoms with E-state index < -0.39 is 0 Å². The predicted molar refractivity (Wildman–Crippen MR) is 198 cm³/mol. The van der Waals surface area contributed by atoms with Crippen molar-refractivity contribution in [3.8, 4) is 22.3 Å². The molecule has 0 aromatic heterocycles. The van der Waals surface area contributed by atoms with Crippen LogP contribution in [0.5, 0.6) is 0 Å². The van der Waals surface area contributed by atoms with Crippen LogP contribution < -0.4 is 16.4 Å². The lowest BCUT2D eigenvalue weighted by Gasteiger charge is -2.20. The van der Waals surface area contributed by atoms with Gasteiger partial charge in [0.2, 0.25) is 0 Å². The van der Waals surface area contributed by atoms with Crippen molar-refractivity contribution in [2.75, 3.05) is 10.6 Å². The molecule has 0 bridgehead atoms. The number of benzene rings is 7. The number of nitrogens with two attached hydrogens (primary N) is 1. The first kappa shape index (κ1) is 29.8. The van der Waals surface area contributed by atoms with Crippen LogP contribution in [0.15, 0.2) is 182 Å². The van der Waals surface area contributed by atoms with Crippen LogP contribution >= 0.6 is 0 Å². The zero-order valence-electron chi connectivity index (χ0n) is 26.2. The van der Waals surface area contributed by atoms with Crippen molar-refractivity contribution in [3.05, 3.63) is 204 Å². The van der Waals surface area contributed by atoms with Gasteiger partial charge in [0, 0.05) is 33.9 Å². The second-order valence-electron chi connectivity index (χ2n) is 11.8. The van der Waals surface area contributed by atoms with E-state index >= 15 is 0 Å². The van der Waals surface area contributed by atoms with E-state index in [2.05, 4.69) is 168 Å². The van der Waals surface area contributed by atoms with Gasteiger partial charge in [0.05, 0.1) is 6.04 Å². The summed E-state index contributed by atoms with van der Waals surface area (Å²) in [6.07, 6.45) is 0.783. The Hall–Kier alpha value is -5.90. The van der Waals surface area contributed by atoms with Gasteiger partial charge in [0.15, 0.2) is 0 Å². The molecule has 0 aliphatic heterocycles. The van der Waals surface area contributed by atoms with Crippen LogP contribution in [-0.4, -0.2) is 0 Å².